The largest absolute Gasteiger partial charge is 0.357 e. The molecule has 0 aromatic carbocycles. The average Bonchev–Trinajstić information content (AvgIpc) is 2.86. The van der Waals surface area contributed by atoms with Crippen LogP contribution in [0.25, 0.3) is 0 Å². The number of nitrogens with zero attached hydrogens (tertiary/aromatic N) is 4. The molecule has 0 saturated carbocycles. The van der Waals surface area contributed by atoms with Crippen LogP contribution < -0.4 is 10.6 Å². The molecule has 0 saturated heterocycles. The van der Waals surface area contributed by atoms with Crippen molar-refractivity contribution in [2.75, 3.05) is 19.3 Å². The number of aromatic nitrogens is 3. The van der Waals surface area contributed by atoms with E-state index in [4.69, 9.17) is 4.99 Å². The van der Waals surface area contributed by atoms with Gasteiger partial charge < -0.3 is 10.6 Å². The molecule has 0 spiro atoms. The van der Waals surface area contributed by atoms with E-state index >= 15 is 0 Å². The number of aliphatic imine (C=N–C) groups is 1. The average molecular weight is 324 g/mol. The predicted molar refractivity (Wildman–Crippen MR) is 93.4 cm³/mol. The van der Waals surface area contributed by atoms with Crippen molar-refractivity contribution in [3.05, 3.63) is 11.6 Å². The Kier molecular flexibility index (Phi) is 5.72. The maximum absolute atomic E-state index is 4.75. The van der Waals surface area contributed by atoms with Crippen LogP contribution in [0.4, 0.5) is 0 Å². The van der Waals surface area contributed by atoms with Crippen molar-refractivity contribution in [3.8, 4) is 0 Å². The van der Waals surface area contributed by atoms with Gasteiger partial charge in [-0.05, 0) is 46.8 Å². The van der Waals surface area contributed by atoms with E-state index in [2.05, 4.69) is 47.7 Å². The van der Waals surface area contributed by atoms with E-state index in [-0.39, 0.29) is 10.8 Å². The Morgan fingerprint density at radius 2 is 2.27 bits per heavy atom. The Hall–Kier alpha value is -1.24. The van der Waals surface area contributed by atoms with Crippen LogP contribution in [-0.4, -0.2) is 44.8 Å². The van der Waals surface area contributed by atoms with Crippen molar-refractivity contribution in [3.63, 3.8) is 0 Å². The van der Waals surface area contributed by atoms with E-state index in [9.17, 15) is 0 Å². The van der Waals surface area contributed by atoms with Crippen LogP contribution in [0.15, 0.2) is 4.99 Å². The summed E-state index contributed by atoms with van der Waals surface area (Å²) in [4.78, 5) is 9.32. The van der Waals surface area contributed by atoms with E-state index in [1.807, 2.05) is 23.4 Å². The predicted octanol–water partition coefficient (Wildman–Crippen LogP) is 2.12. The van der Waals surface area contributed by atoms with E-state index in [1.165, 1.54) is 0 Å². The van der Waals surface area contributed by atoms with Crippen LogP contribution in [-0.2, 0) is 6.54 Å². The molecule has 1 aromatic heterocycles. The van der Waals surface area contributed by atoms with Gasteiger partial charge in [-0.25, -0.2) is 9.67 Å². The summed E-state index contributed by atoms with van der Waals surface area (Å²) in [5, 5.41) is 11.3. The lowest BCUT2D eigenvalue weighted by Gasteiger charge is -2.26. The maximum atomic E-state index is 4.75. The van der Waals surface area contributed by atoms with Gasteiger partial charge in [-0.3, -0.25) is 4.99 Å². The molecule has 2 N–H and O–H groups in total. The summed E-state index contributed by atoms with van der Waals surface area (Å²) in [6.07, 6.45) is 4.31. The Morgan fingerprint density at radius 3 is 2.95 bits per heavy atom. The first-order valence-electron chi connectivity index (χ1n) is 7.96. The first-order valence-corrected chi connectivity index (χ1v) is 9.19. The first-order chi connectivity index (χ1) is 10.4. The summed E-state index contributed by atoms with van der Waals surface area (Å²) in [5.74, 6) is 2.73. The van der Waals surface area contributed by atoms with E-state index in [1.54, 1.807) is 0 Å². The van der Waals surface area contributed by atoms with Crippen LogP contribution >= 0.6 is 11.8 Å². The number of nitrogens with one attached hydrogen (secondary N) is 2. The molecule has 1 atom stereocenters. The molecule has 1 aromatic rings. The van der Waals surface area contributed by atoms with Crippen molar-refractivity contribution in [1.29, 1.82) is 0 Å². The summed E-state index contributed by atoms with van der Waals surface area (Å²) in [5.41, 5.74) is 0. The SMILES string of the molecule is CCNC(=NCC(C)(C)SC)NC1CCCn2nc(C)nc21. The fourth-order valence-electron chi connectivity index (χ4n) is 2.42. The zero-order valence-electron chi connectivity index (χ0n) is 14.3. The minimum Gasteiger partial charge on any atom is -0.357 e. The zero-order valence-corrected chi connectivity index (χ0v) is 15.1. The Bertz CT molecular complexity index is 522. The lowest BCUT2D eigenvalue weighted by atomic mass is 10.1. The van der Waals surface area contributed by atoms with Gasteiger partial charge in [0.2, 0.25) is 0 Å². The van der Waals surface area contributed by atoms with Gasteiger partial charge in [-0.1, -0.05) is 0 Å². The monoisotopic (exact) mass is 324 g/mol. The second-order valence-corrected chi connectivity index (χ2v) is 7.75. The van der Waals surface area contributed by atoms with Gasteiger partial charge >= 0.3 is 0 Å². The second kappa shape index (κ2) is 7.35. The molecule has 22 heavy (non-hydrogen) atoms. The van der Waals surface area contributed by atoms with Crippen LogP contribution in [0.5, 0.6) is 0 Å². The highest BCUT2D eigenvalue weighted by atomic mass is 32.2. The third-order valence-electron chi connectivity index (χ3n) is 3.81. The normalized spacial score (nSPS) is 19.0. The van der Waals surface area contributed by atoms with E-state index < -0.39 is 0 Å². The Labute approximate surface area is 137 Å². The molecule has 6 nitrogen and oxygen atoms in total. The molecule has 7 heteroatoms. The van der Waals surface area contributed by atoms with Gasteiger partial charge in [-0.2, -0.15) is 16.9 Å². The highest BCUT2D eigenvalue weighted by molar-refractivity contribution is 7.99. The standard InChI is InChI=1S/C15H28N6S/c1-6-16-14(17-10-15(3,4)22-5)19-12-8-7-9-21-13(12)18-11(2)20-21/h12H,6-10H2,1-5H3,(H2,16,17,19). The first kappa shape index (κ1) is 17.1. The minimum atomic E-state index is 0.144. The quantitative estimate of drug-likeness (QED) is 0.641. The second-order valence-electron chi connectivity index (χ2n) is 6.24. The molecule has 1 aliphatic rings. The molecule has 0 amide bonds. The lowest BCUT2D eigenvalue weighted by Crippen LogP contribution is -2.42. The summed E-state index contributed by atoms with van der Waals surface area (Å²) >= 11 is 1.84. The summed E-state index contributed by atoms with van der Waals surface area (Å²) in [6.45, 7) is 11.1. The highest BCUT2D eigenvalue weighted by Gasteiger charge is 2.24. The van der Waals surface area contributed by atoms with Gasteiger partial charge in [0, 0.05) is 17.8 Å². The van der Waals surface area contributed by atoms with Crippen molar-refractivity contribution in [2.45, 2.75) is 57.9 Å². The minimum absolute atomic E-state index is 0.144. The molecule has 2 heterocycles. The van der Waals surface area contributed by atoms with Gasteiger partial charge in [0.05, 0.1) is 12.6 Å². The molecule has 1 aliphatic heterocycles. The third-order valence-corrected chi connectivity index (χ3v) is 5.04. The number of fused-ring (bicyclic) bond motifs is 1. The number of hydrogen-bond acceptors (Lipinski definition) is 4. The molecule has 0 fully saturated rings. The fraction of sp³-hybridized carbons (Fsp3) is 0.800. The van der Waals surface area contributed by atoms with E-state index in [0.29, 0.717) is 0 Å². The van der Waals surface area contributed by atoms with Gasteiger partial charge in [0.1, 0.15) is 11.6 Å². The number of hydrogen-bond donors (Lipinski definition) is 2. The Balaban J connectivity index is 2.10. The van der Waals surface area contributed by atoms with Crippen LogP contribution in [0.1, 0.15) is 51.3 Å². The van der Waals surface area contributed by atoms with Crippen molar-refractivity contribution in [2.24, 2.45) is 4.99 Å². The van der Waals surface area contributed by atoms with Gasteiger partial charge in [0.25, 0.3) is 0 Å². The summed E-state index contributed by atoms with van der Waals surface area (Å²) in [6, 6.07) is 0.185. The zero-order chi connectivity index (χ0) is 16.2. The van der Waals surface area contributed by atoms with Crippen molar-refractivity contribution < 1.29 is 0 Å². The Morgan fingerprint density at radius 1 is 1.50 bits per heavy atom. The van der Waals surface area contributed by atoms with Crippen LogP contribution in [0.2, 0.25) is 0 Å². The summed E-state index contributed by atoms with van der Waals surface area (Å²) in [7, 11) is 0. The fourth-order valence-corrected chi connectivity index (χ4v) is 2.62. The van der Waals surface area contributed by atoms with E-state index in [0.717, 1.165) is 50.1 Å². The molecule has 124 valence electrons. The molecular formula is C15H28N6S. The van der Waals surface area contributed by atoms with Gasteiger partial charge in [0.15, 0.2) is 5.96 Å². The molecule has 0 radical (unpaired) electrons. The summed E-state index contributed by atoms with van der Waals surface area (Å²) < 4.78 is 2.16. The molecule has 1 unspecified atom stereocenters. The number of guanidine groups is 1. The third kappa shape index (κ3) is 4.38. The maximum Gasteiger partial charge on any atom is 0.191 e. The number of aryl methyl sites for hydroxylation is 2. The topological polar surface area (TPSA) is 67.1 Å². The van der Waals surface area contributed by atoms with Crippen LogP contribution in [0.3, 0.4) is 0 Å². The smallest absolute Gasteiger partial charge is 0.191 e. The molecular weight excluding hydrogens is 296 g/mol. The van der Waals surface area contributed by atoms with Crippen molar-refractivity contribution in [1.82, 2.24) is 25.4 Å². The molecule has 2 rings (SSSR count). The molecule has 0 bridgehead atoms. The van der Waals surface area contributed by atoms with Crippen molar-refractivity contribution >= 4 is 17.7 Å². The number of thioether (sulfide) groups is 1. The highest BCUT2D eigenvalue weighted by Crippen LogP contribution is 2.23. The molecule has 0 aliphatic carbocycles. The van der Waals surface area contributed by atoms with Gasteiger partial charge in [-0.15, -0.1) is 0 Å². The number of rotatable bonds is 5. The van der Waals surface area contributed by atoms with Crippen LogP contribution in [0, 0.1) is 6.92 Å². The lowest BCUT2D eigenvalue weighted by molar-refractivity contribution is 0.397.